The van der Waals surface area contributed by atoms with E-state index in [1.165, 1.54) is 79.0 Å². The first-order chi connectivity index (χ1) is 41.0. The van der Waals surface area contributed by atoms with Crippen LogP contribution in [0.4, 0.5) is 0 Å². The first kappa shape index (κ1) is 59.8. The van der Waals surface area contributed by atoms with Gasteiger partial charge in [0.1, 0.15) is 82.4 Å². The molecule has 5 N–H and O–H groups in total. The van der Waals surface area contributed by atoms with Crippen LogP contribution in [0.1, 0.15) is 131 Å². The van der Waals surface area contributed by atoms with Crippen molar-refractivity contribution in [3.63, 3.8) is 0 Å². The molecule has 10 bridgehead atoms. The fourth-order valence-electron chi connectivity index (χ4n) is 8.75. The zero-order valence-corrected chi connectivity index (χ0v) is 51.2. The summed E-state index contributed by atoms with van der Waals surface area (Å²) < 4.78 is 18.1. The second-order valence-corrected chi connectivity index (χ2v) is 24.9. The monoisotopic (exact) mass is 1260 g/mol. The smallest absolute Gasteiger partial charge is 0.358 e. The van der Waals surface area contributed by atoms with Gasteiger partial charge in [0.05, 0.1) is 48.8 Å². The predicted molar refractivity (Wildman–Crippen MR) is 320 cm³/mol. The van der Waals surface area contributed by atoms with Gasteiger partial charge in [0.2, 0.25) is 11.8 Å². The predicted octanol–water partition coefficient (Wildman–Crippen LogP) is 8.25. The topological polar surface area (TPSA) is 315 Å². The number of methoxy groups -OCH3 is 1. The Kier molecular flexibility index (Phi) is 18.5. The summed E-state index contributed by atoms with van der Waals surface area (Å²) in [5.74, 6) is -3.87. The van der Waals surface area contributed by atoms with Crippen LogP contribution in [0.25, 0.3) is 49.2 Å². The number of aryl methyl sites for hydroxylation is 1. The first-order valence-corrected chi connectivity index (χ1v) is 31.3. The summed E-state index contributed by atoms with van der Waals surface area (Å²) in [5.41, 5.74) is 2.94. The number of esters is 2. The third-order valence-corrected chi connectivity index (χ3v) is 18.5. The molecule has 0 aliphatic carbocycles. The first-order valence-electron chi connectivity index (χ1n) is 26.1. The van der Waals surface area contributed by atoms with Gasteiger partial charge in [-0.3, -0.25) is 33.3 Å². The van der Waals surface area contributed by atoms with Crippen molar-refractivity contribution in [3.8, 4) is 49.2 Å². The molecule has 30 heteroatoms. The van der Waals surface area contributed by atoms with Gasteiger partial charge < -0.3 is 40.8 Å². The van der Waals surface area contributed by atoms with Crippen molar-refractivity contribution in [2.75, 3.05) is 27.3 Å². The van der Waals surface area contributed by atoms with Gasteiger partial charge in [-0.15, -0.1) is 68.0 Å². The Morgan fingerprint density at radius 1 is 0.729 bits per heavy atom. The second-order valence-electron chi connectivity index (χ2n) is 19.1. The number of carbonyl (C=O) groups excluding carboxylic acids is 7. The van der Waals surface area contributed by atoms with E-state index in [1.807, 2.05) is 13.8 Å². The average Bonchev–Trinajstić information content (AvgIpc) is 3.98. The Labute approximate surface area is 509 Å². The summed E-state index contributed by atoms with van der Waals surface area (Å²) in [6.07, 6.45) is 1.70. The molecule has 1 aliphatic rings. The van der Waals surface area contributed by atoms with Crippen molar-refractivity contribution < 1.29 is 47.8 Å². The maximum atomic E-state index is 14.3. The number of nitrogens with zero attached hydrogens (tertiary/aromatic N) is 9. The van der Waals surface area contributed by atoms with E-state index in [2.05, 4.69) is 31.6 Å². The van der Waals surface area contributed by atoms with Crippen LogP contribution in [0.2, 0.25) is 0 Å². The van der Waals surface area contributed by atoms with Gasteiger partial charge >= 0.3 is 11.9 Å². The van der Waals surface area contributed by atoms with E-state index in [4.69, 9.17) is 49.1 Å². The summed E-state index contributed by atoms with van der Waals surface area (Å²) in [6, 6.07) is 9.65. The van der Waals surface area contributed by atoms with Gasteiger partial charge in [0.15, 0.2) is 11.8 Å². The molecular formula is C55H52N14O10S6. The Hall–Kier alpha value is -8.39. The van der Waals surface area contributed by atoms with E-state index >= 15 is 0 Å². The minimum Gasteiger partial charge on any atom is -0.461 e. The number of imidazole rings is 1. The van der Waals surface area contributed by atoms with E-state index in [9.17, 15) is 33.6 Å². The van der Waals surface area contributed by atoms with Crippen molar-refractivity contribution >= 4 is 109 Å². The molecule has 1 aliphatic heterocycles. The Morgan fingerprint density at radius 2 is 1.46 bits per heavy atom. The number of amides is 5. The molecule has 4 atom stereocenters. The lowest BCUT2D eigenvalue weighted by Gasteiger charge is -2.26. The fourth-order valence-corrected chi connectivity index (χ4v) is 14.3. The third-order valence-electron chi connectivity index (χ3n) is 12.8. The maximum absolute atomic E-state index is 14.3. The Bertz CT molecular complexity index is 3970. The number of carbonyl (C=O) groups is 7. The minimum absolute atomic E-state index is 0.00965. The Balaban J connectivity index is 1.07. The fraction of sp³-hybridized carbons (Fsp3) is 0.291. The lowest BCUT2D eigenvalue weighted by atomic mass is 10.0. The number of hydrogen-bond donors (Lipinski definition) is 5. The molecular weight excluding hydrogens is 1210 g/mol. The van der Waals surface area contributed by atoms with Crippen LogP contribution >= 0.6 is 68.0 Å². The molecule has 9 aromatic rings. The van der Waals surface area contributed by atoms with Gasteiger partial charge in [0, 0.05) is 59.2 Å². The van der Waals surface area contributed by atoms with Gasteiger partial charge in [-0.1, -0.05) is 44.2 Å². The van der Waals surface area contributed by atoms with Crippen LogP contribution in [-0.4, -0.2) is 113 Å². The number of pyridine rings is 1. The van der Waals surface area contributed by atoms with Gasteiger partial charge in [-0.25, -0.2) is 44.7 Å². The number of nitrogens with one attached hydrogen (secondary N) is 5. The maximum Gasteiger partial charge on any atom is 0.358 e. The van der Waals surface area contributed by atoms with E-state index in [1.54, 1.807) is 82.4 Å². The summed E-state index contributed by atoms with van der Waals surface area (Å²) in [4.78, 5) is 135. The number of ether oxygens (including phenoxy) is 3. The average molecular weight is 1260 g/mol. The second kappa shape index (κ2) is 26.3. The molecule has 0 radical (unpaired) electrons. The number of fused-ring (bicyclic) bond motifs is 14. The van der Waals surface area contributed by atoms with Crippen molar-refractivity contribution in [1.82, 2.24) is 71.0 Å². The summed E-state index contributed by atoms with van der Waals surface area (Å²) in [5, 5.41) is 23.6. The molecule has 10 rings (SSSR count). The molecule has 0 spiro atoms. The van der Waals surface area contributed by atoms with E-state index in [-0.39, 0.29) is 48.3 Å². The van der Waals surface area contributed by atoms with E-state index in [0.717, 1.165) is 22.7 Å². The van der Waals surface area contributed by atoms with Crippen LogP contribution < -0.4 is 26.6 Å². The highest BCUT2D eigenvalue weighted by molar-refractivity contribution is 7.15. The SMILES string of the molecule is CCOC(=O)c1cn(-c2csc(-c3ccc4c(n3)-c3csc(n3)-c3csc(n3)[C@H]([C@@H](OC(C)=O)c3ccccc3)NC(=O)CNC(=O)c3nc(sc3COC)[C@H](C(C)C)NC(=O)c3nc(sc3C)[C@H](CC(=O)NC)NC(=O)c3csc-4n3)n2)cn1. The molecule has 24 nitrogen and oxygen atoms in total. The number of thiazole rings is 6. The largest absolute Gasteiger partial charge is 0.461 e. The van der Waals surface area contributed by atoms with Gasteiger partial charge in [-0.05, 0) is 37.5 Å². The molecule has 5 amide bonds. The van der Waals surface area contributed by atoms with Crippen molar-refractivity contribution in [1.29, 1.82) is 0 Å². The van der Waals surface area contributed by atoms with Gasteiger partial charge in [-0.2, -0.15) is 0 Å². The number of rotatable bonds is 12. The molecule has 8 aromatic heterocycles. The normalized spacial score (nSPS) is 16.2. The number of benzene rings is 1. The summed E-state index contributed by atoms with van der Waals surface area (Å²) >= 11 is 7.26. The van der Waals surface area contributed by atoms with Crippen LogP contribution in [0.3, 0.4) is 0 Å². The van der Waals surface area contributed by atoms with Crippen molar-refractivity contribution in [2.24, 2.45) is 5.92 Å². The zero-order chi connectivity index (χ0) is 60.1. The molecule has 438 valence electrons. The van der Waals surface area contributed by atoms with Crippen molar-refractivity contribution in [2.45, 2.75) is 71.9 Å². The van der Waals surface area contributed by atoms with E-state index in [0.29, 0.717) is 79.5 Å². The van der Waals surface area contributed by atoms with Crippen LogP contribution in [0.5, 0.6) is 0 Å². The number of hydrogen-bond acceptors (Lipinski definition) is 24. The van der Waals surface area contributed by atoms with Crippen LogP contribution in [0.15, 0.2) is 76.5 Å². The Morgan fingerprint density at radius 3 is 2.21 bits per heavy atom. The molecule has 9 heterocycles. The highest BCUT2D eigenvalue weighted by Crippen LogP contribution is 2.41. The molecule has 0 saturated heterocycles. The standard InChI is InChI=1S/C55H52N14O10S6/c1-8-78-55(76)32-18-69(24-58-32)37-23-83-50(64-37)30-15-14-29-42(59-30)33-20-81-51(61-33)35-22-82-53(63-35)44(45(79-27(5)70)28-12-10-9-11-13-28)65-39(72)17-57-47(74)43-36(19-77-7)85-54(68-43)40(25(2)3)66-48(75)41-26(4)84-52(67-41)31(16-38(71)56-6)60-46(73)34-21-80-49(29)62-34/h9-15,18,20-25,31,40,44-45H,8,16-17,19H2,1-7H3,(H,56,71)(H,57,74)(H,60,73)(H,65,72)(H,66,75)/t31-,40-,44-,45-/m0/s1. The zero-order valence-electron chi connectivity index (χ0n) is 46.3. The highest BCUT2D eigenvalue weighted by atomic mass is 32.1. The lowest BCUT2D eigenvalue weighted by Crippen LogP contribution is -2.41. The molecule has 0 fully saturated rings. The molecule has 0 unspecified atom stereocenters. The number of aromatic nitrogens is 9. The quantitative estimate of drug-likeness (QED) is 0.0719. The lowest BCUT2D eigenvalue weighted by molar-refractivity contribution is -0.149. The summed E-state index contributed by atoms with van der Waals surface area (Å²) in [6.45, 7) is 8.09. The molecule has 1 aromatic carbocycles. The molecule has 0 saturated carbocycles. The van der Waals surface area contributed by atoms with Gasteiger partial charge in [0.25, 0.3) is 17.7 Å². The highest BCUT2D eigenvalue weighted by Gasteiger charge is 2.35. The molecule has 85 heavy (non-hydrogen) atoms. The summed E-state index contributed by atoms with van der Waals surface area (Å²) in [7, 11) is 2.94. The minimum atomic E-state index is -1.08. The van der Waals surface area contributed by atoms with Crippen molar-refractivity contribution in [3.05, 3.63) is 130 Å². The third kappa shape index (κ3) is 13.4. The van der Waals surface area contributed by atoms with Crippen LogP contribution in [0, 0.1) is 12.8 Å². The van der Waals surface area contributed by atoms with Crippen LogP contribution in [-0.2, 0) is 35.2 Å². The van der Waals surface area contributed by atoms with E-state index < -0.39 is 72.2 Å².